The van der Waals surface area contributed by atoms with Gasteiger partial charge in [-0.1, -0.05) is 12.2 Å². The quantitative estimate of drug-likeness (QED) is 0.568. The van der Waals surface area contributed by atoms with Crippen LogP contribution in [0.2, 0.25) is 0 Å². The molecule has 6 nitrogen and oxygen atoms in total. The standard InChI is InChI=1S/C14H17NO5/c1-2-19-13(17)11-9-4-3-8(7-9)10(11)12(16)15-5-6-20-14(15)18/h3-4,8-11H,2,5-7H2,1H3/t8-,9+,10-,11-/m0/s1. The van der Waals surface area contributed by atoms with Gasteiger partial charge >= 0.3 is 12.1 Å². The Hall–Kier alpha value is -1.85. The van der Waals surface area contributed by atoms with Crippen LogP contribution in [0.1, 0.15) is 13.3 Å². The number of carbonyl (C=O) groups is 3. The highest BCUT2D eigenvalue weighted by atomic mass is 16.6. The molecule has 1 aliphatic heterocycles. The summed E-state index contributed by atoms with van der Waals surface area (Å²) in [5.74, 6) is -1.53. The van der Waals surface area contributed by atoms with E-state index >= 15 is 0 Å². The lowest BCUT2D eigenvalue weighted by molar-refractivity contribution is -0.154. The predicted octanol–water partition coefficient (Wildman–Crippen LogP) is 0.967. The lowest BCUT2D eigenvalue weighted by Gasteiger charge is -2.27. The topological polar surface area (TPSA) is 72.9 Å². The van der Waals surface area contributed by atoms with E-state index in [1.165, 1.54) is 0 Å². The summed E-state index contributed by atoms with van der Waals surface area (Å²) in [7, 11) is 0. The smallest absolute Gasteiger partial charge is 0.416 e. The molecule has 0 aromatic rings. The van der Waals surface area contributed by atoms with Crippen LogP contribution >= 0.6 is 0 Å². The summed E-state index contributed by atoms with van der Waals surface area (Å²) in [6.45, 7) is 2.54. The van der Waals surface area contributed by atoms with Gasteiger partial charge in [-0.15, -0.1) is 0 Å². The first-order valence-electron chi connectivity index (χ1n) is 6.96. The number of allylic oxidation sites excluding steroid dienone is 2. The lowest BCUT2D eigenvalue weighted by atomic mass is 9.82. The van der Waals surface area contributed by atoms with Gasteiger partial charge in [-0.05, 0) is 25.2 Å². The second kappa shape index (κ2) is 4.92. The highest BCUT2D eigenvalue weighted by molar-refractivity contribution is 5.97. The SMILES string of the molecule is CCOC(=O)[C@@H]1[C@@H](C(=O)N2CCOC2=O)[C@H]2C=C[C@@H]1C2. The first kappa shape index (κ1) is 13.1. The third kappa shape index (κ3) is 1.90. The fourth-order valence-electron chi connectivity index (χ4n) is 3.49. The summed E-state index contributed by atoms with van der Waals surface area (Å²) >= 11 is 0. The Morgan fingerprint density at radius 2 is 2.05 bits per heavy atom. The van der Waals surface area contributed by atoms with E-state index < -0.39 is 17.9 Å². The van der Waals surface area contributed by atoms with Crippen molar-refractivity contribution in [2.45, 2.75) is 13.3 Å². The van der Waals surface area contributed by atoms with E-state index in [4.69, 9.17) is 9.47 Å². The Kier molecular flexibility index (Phi) is 3.23. The fourth-order valence-corrected chi connectivity index (χ4v) is 3.49. The molecule has 6 heteroatoms. The average molecular weight is 279 g/mol. The summed E-state index contributed by atoms with van der Waals surface area (Å²) in [5, 5.41) is 0. The number of amides is 2. The number of carbonyl (C=O) groups excluding carboxylic acids is 3. The van der Waals surface area contributed by atoms with E-state index in [1.54, 1.807) is 6.92 Å². The minimum atomic E-state index is -0.607. The third-order valence-corrected chi connectivity index (χ3v) is 4.33. The number of esters is 1. The molecule has 108 valence electrons. The number of hydrogen-bond donors (Lipinski definition) is 0. The molecule has 2 bridgehead atoms. The van der Waals surface area contributed by atoms with Gasteiger partial charge in [0.15, 0.2) is 0 Å². The van der Waals surface area contributed by atoms with Crippen LogP contribution in [-0.4, -0.2) is 42.6 Å². The molecular weight excluding hydrogens is 262 g/mol. The van der Waals surface area contributed by atoms with Crippen molar-refractivity contribution in [2.24, 2.45) is 23.7 Å². The molecule has 0 aromatic carbocycles. The van der Waals surface area contributed by atoms with E-state index in [-0.39, 0.29) is 36.9 Å². The maximum Gasteiger partial charge on any atom is 0.416 e. The van der Waals surface area contributed by atoms with E-state index in [2.05, 4.69) is 0 Å². The van der Waals surface area contributed by atoms with Gasteiger partial charge in [-0.25, -0.2) is 9.69 Å². The maximum atomic E-state index is 12.6. The van der Waals surface area contributed by atoms with Gasteiger partial charge in [-0.3, -0.25) is 9.59 Å². The van der Waals surface area contributed by atoms with Crippen LogP contribution in [0.5, 0.6) is 0 Å². The third-order valence-electron chi connectivity index (χ3n) is 4.33. The van der Waals surface area contributed by atoms with Gasteiger partial charge in [0.05, 0.1) is 25.0 Å². The Balaban J connectivity index is 1.83. The van der Waals surface area contributed by atoms with Crippen LogP contribution in [0.3, 0.4) is 0 Å². The average Bonchev–Trinajstić information content (AvgIpc) is 3.12. The largest absolute Gasteiger partial charge is 0.466 e. The molecule has 3 rings (SSSR count). The maximum absolute atomic E-state index is 12.6. The number of hydrogen-bond acceptors (Lipinski definition) is 5. The number of nitrogens with zero attached hydrogens (tertiary/aromatic N) is 1. The van der Waals surface area contributed by atoms with Crippen LogP contribution < -0.4 is 0 Å². The minimum absolute atomic E-state index is 0.0234. The zero-order valence-corrected chi connectivity index (χ0v) is 11.3. The summed E-state index contributed by atoms with van der Waals surface area (Å²) in [4.78, 5) is 37.3. The molecule has 0 N–H and O–H groups in total. The van der Waals surface area contributed by atoms with Crippen LogP contribution in [0.15, 0.2) is 12.2 Å². The Labute approximate surface area is 116 Å². The highest BCUT2D eigenvalue weighted by Crippen LogP contribution is 2.49. The monoisotopic (exact) mass is 279 g/mol. The zero-order valence-electron chi connectivity index (χ0n) is 11.3. The van der Waals surface area contributed by atoms with Crippen molar-refractivity contribution < 1.29 is 23.9 Å². The number of imide groups is 1. The summed E-state index contributed by atoms with van der Waals surface area (Å²) < 4.78 is 9.89. The lowest BCUT2D eigenvalue weighted by Crippen LogP contribution is -2.43. The fraction of sp³-hybridized carbons (Fsp3) is 0.643. The molecule has 1 saturated carbocycles. The molecule has 2 amide bonds. The number of rotatable bonds is 3. The Morgan fingerprint density at radius 3 is 2.65 bits per heavy atom. The first-order valence-corrected chi connectivity index (χ1v) is 6.96. The molecule has 0 aromatic heterocycles. The van der Waals surface area contributed by atoms with Crippen LogP contribution in [0.4, 0.5) is 4.79 Å². The number of cyclic esters (lactones) is 1. The van der Waals surface area contributed by atoms with Crippen molar-refractivity contribution in [3.63, 3.8) is 0 Å². The summed E-state index contributed by atoms with van der Waals surface area (Å²) in [6.07, 6.45) is 4.13. The molecule has 4 atom stereocenters. The van der Waals surface area contributed by atoms with Crippen LogP contribution in [0.25, 0.3) is 0 Å². The van der Waals surface area contributed by atoms with Crippen LogP contribution in [-0.2, 0) is 19.1 Å². The Bertz CT molecular complexity index is 486. The molecule has 2 aliphatic carbocycles. The molecule has 2 fully saturated rings. The number of ether oxygens (including phenoxy) is 2. The van der Waals surface area contributed by atoms with Gasteiger partial charge in [-0.2, -0.15) is 0 Å². The molecule has 0 radical (unpaired) electrons. The molecule has 1 heterocycles. The minimum Gasteiger partial charge on any atom is -0.466 e. The summed E-state index contributed by atoms with van der Waals surface area (Å²) in [6, 6.07) is 0. The zero-order chi connectivity index (χ0) is 14.3. The van der Waals surface area contributed by atoms with Gasteiger partial charge < -0.3 is 9.47 Å². The van der Waals surface area contributed by atoms with E-state index in [1.807, 2.05) is 12.2 Å². The molecule has 20 heavy (non-hydrogen) atoms. The molecular formula is C14H17NO5. The second-order valence-corrected chi connectivity index (χ2v) is 5.36. The van der Waals surface area contributed by atoms with E-state index in [0.29, 0.717) is 6.61 Å². The molecule has 1 saturated heterocycles. The van der Waals surface area contributed by atoms with E-state index in [0.717, 1.165) is 11.3 Å². The molecule has 0 spiro atoms. The molecule has 0 unspecified atom stereocenters. The van der Waals surface area contributed by atoms with Crippen LogP contribution in [0, 0.1) is 23.7 Å². The molecule has 3 aliphatic rings. The van der Waals surface area contributed by atoms with Crippen molar-refractivity contribution in [3.05, 3.63) is 12.2 Å². The first-order chi connectivity index (χ1) is 9.63. The highest BCUT2D eigenvalue weighted by Gasteiger charge is 2.54. The van der Waals surface area contributed by atoms with Gasteiger partial charge in [0.1, 0.15) is 6.61 Å². The van der Waals surface area contributed by atoms with Crippen molar-refractivity contribution in [1.29, 1.82) is 0 Å². The van der Waals surface area contributed by atoms with Crippen molar-refractivity contribution >= 4 is 18.0 Å². The summed E-state index contributed by atoms with van der Waals surface area (Å²) in [5.41, 5.74) is 0. The second-order valence-electron chi connectivity index (χ2n) is 5.36. The Morgan fingerprint density at radius 1 is 1.35 bits per heavy atom. The number of fused-ring (bicyclic) bond motifs is 2. The van der Waals surface area contributed by atoms with E-state index in [9.17, 15) is 14.4 Å². The normalized spacial score (nSPS) is 34.5. The van der Waals surface area contributed by atoms with Gasteiger partial charge in [0.25, 0.3) is 0 Å². The van der Waals surface area contributed by atoms with Crippen molar-refractivity contribution in [1.82, 2.24) is 4.90 Å². The van der Waals surface area contributed by atoms with Crippen molar-refractivity contribution in [3.8, 4) is 0 Å². The van der Waals surface area contributed by atoms with Gasteiger partial charge in [0, 0.05) is 0 Å². The predicted molar refractivity (Wildman–Crippen MR) is 67.4 cm³/mol. The van der Waals surface area contributed by atoms with Crippen molar-refractivity contribution in [2.75, 3.05) is 19.8 Å². The van der Waals surface area contributed by atoms with Gasteiger partial charge in [0.2, 0.25) is 5.91 Å².